The van der Waals surface area contributed by atoms with Crippen molar-refractivity contribution in [2.75, 3.05) is 5.73 Å². The third kappa shape index (κ3) is 2.94. The molecule has 3 N–H and O–H groups in total. The maximum atomic E-state index is 12.5. The maximum Gasteiger partial charge on any atom is 0.292 e. The molecule has 108 valence electrons. The number of hydrogen-bond donors (Lipinski definition) is 2. The molecular weight excluding hydrogens is 274 g/mol. The minimum absolute atomic E-state index is 0.0225. The van der Waals surface area contributed by atoms with Crippen molar-refractivity contribution >= 4 is 11.9 Å². The Bertz CT molecular complexity index is 666. The van der Waals surface area contributed by atoms with Crippen molar-refractivity contribution in [2.45, 2.75) is 13.1 Å². The lowest BCUT2D eigenvalue weighted by Crippen LogP contribution is -2.30. The van der Waals surface area contributed by atoms with Crippen molar-refractivity contribution < 1.29 is 13.6 Å². The molecule has 1 amide bonds. The van der Waals surface area contributed by atoms with Gasteiger partial charge in [0.05, 0.1) is 25.6 Å². The number of carbonyl (C=O) groups is 1. The zero-order chi connectivity index (χ0) is 14.7. The largest absolute Gasteiger partial charge is 0.467 e. The number of amides is 1. The van der Waals surface area contributed by atoms with Gasteiger partial charge in [-0.25, -0.2) is 0 Å². The van der Waals surface area contributed by atoms with E-state index in [0.29, 0.717) is 11.5 Å². The van der Waals surface area contributed by atoms with Gasteiger partial charge in [-0.1, -0.05) is 0 Å². The lowest BCUT2D eigenvalue weighted by molar-refractivity contribution is 0.0693. The summed E-state index contributed by atoms with van der Waals surface area (Å²) in [5.74, 6) is 1.07. The number of nitrogens with zero attached hydrogens (tertiary/aromatic N) is 3. The number of anilines is 1. The Labute approximate surface area is 119 Å². The third-order valence-corrected chi connectivity index (χ3v) is 2.85. The minimum atomic E-state index is -0.341. The Morgan fingerprint density at radius 1 is 1.19 bits per heavy atom. The van der Waals surface area contributed by atoms with Gasteiger partial charge >= 0.3 is 0 Å². The summed E-state index contributed by atoms with van der Waals surface area (Å²) in [6.07, 6.45) is 3.11. The predicted molar refractivity (Wildman–Crippen MR) is 71.8 cm³/mol. The van der Waals surface area contributed by atoms with Gasteiger partial charge in [0, 0.05) is 0 Å². The van der Waals surface area contributed by atoms with Crippen LogP contribution in [0.25, 0.3) is 0 Å². The first-order chi connectivity index (χ1) is 10.2. The Kier molecular flexibility index (Phi) is 3.42. The van der Waals surface area contributed by atoms with Crippen molar-refractivity contribution in [3.05, 3.63) is 54.1 Å². The van der Waals surface area contributed by atoms with Crippen LogP contribution < -0.4 is 5.73 Å². The molecule has 0 unspecified atom stereocenters. The standard InChI is InChI=1S/C13H13N5O3/c14-13-15-11(16-17-13)12(19)18(7-9-3-1-5-20-9)8-10-4-2-6-21-10/h1-6H,7-8H2,(H3,14,15,16,17). The van der Waals surface area contributed by atoms with Crippen LogP contribution >= 0.6 is 0 Å². The van der Waals surface area contributed by atoms with Crippen molar-refractivity contribution in [3.8, 4) is 0 Å². The molecule has 3 rings (SSSR count). The second-order valence-electron chi connectivity index (χ2n) is 4.36. The van der Waals surface area contributed by atoms with Gasteiger partial charge in [0.1, 0.15) is 11.5 Å². The number of H-pyrrole nitrogens is 1. The topological polar surface area (TPSA) is 114 Å². The van der Waals surface area contributed by atoms with Gasteiger partial charge in [0.25, 0.3) is 5.91 Å². The van der Waals surface area contributed by atoms with E-state index >= 15 is 0 Å². The van der Waals surface area contributed by atoms with E-state index in [-0.39, 0.29) is 30.8 Å². The summed E-state index contributed by atoms with van der Waals surface area (Å²) < 4.78 is 10.6. The van der Waals surface area contributed by atoms with E-state index in [2.05, 4.69) is 15.2 Å². The lowest BCUT2D eigenvalue weighted by atomic mass is 10.3. The molecular formula is C13H13N5O3. The Morgan fingerprint density at radius 2 is 1.81 bits per heavy atom. The van der Waals surface area contributed by atoms with E-state index in [1.165, 1.54) is 4.90 Å². The number of nitrogens with one attached hydrogen (secondary N) is 1. The first kappa shape index (κ1) is 13.0. The Morgan fingerprint density at radius 3 is 2.24 bits per heavy atom. The monoisotopic (exact) mass is 287 g/mol. The van der Waals surface area contributed by atoms with Crippen LogP contribution in [0.2, 0.25) is 0 Å². The molecule has 0 saturated carbocycles. The van der Waals surface area contributed by atoms with Crippen LogP contribution in [0.3, 0.4) is 0 Å². The number of aromatic amines is 1. The molecule has 3 aromatic rings. The quantitative estimate of drug-likeness (QED) is 0.733. The van der Waals surface area contributed by atoms with Crippen molar-refractivity contribution in [1.82, 2.24) is 20.1 Å². The summed E-state index contributed by atoms with van der Waals surface area (Å²) in [7, 11) is 0. The molecule has 0 aliphatic rings. The Balaban J connectivity index is 1.82. The van der Waals surface area contributed by atoms with Crippen molar-refractivity contribution in [1.29, 1.82) is 0 Å². The van der Waals surface area contributed by atoms with E-state index in [1.54, 1.807) is 36.8 Å². The fourth-order valence-corrected chi connectivity index (χ4v) is 1.90. The third-order valence-electron chi connectivity index (χ3n) is 2.85. The first-order valence-electron chi connectivity index (χ1n) is 6.24. The fourth-order valence-electron chi connectivity index (χ4n) is 1.90. The van der Waals surface area contributed by atoms with Gasteiger partial charge in [-0.3, -0.25) is 9.89 Å². The molecule has 21 heavy (non-hydrogen) atoms. The number of carbonyl (C=O) groups excluding carboxylic acids is 1. The normalized spacial score (nSPS) is 10.7. The number of aromatic nitrogens is 3. The second-order valence-corrected chi connectivity index (χ2v) is 4.36. The highest BCUT2D eigenvalue weighted by Crippen LogP contribution is 2.13. The minimum Gasteiger partial charge on any atom is -0.467 e. The highest BCUT2D eigenvalue weighted by atomic mass is 16.3. The summed E-state index contributed by atoms with van der Waals surface area (Å²) in [4.78, 5) is 17.8. The molecule has 0 bridgehead atoms. The number of hydrogen-bond acceptors (Lipinski definition) is 6. The van der Waals surface area contributed by atoms with Gasteiger partial charge in [-0.2, -0.15) is 4.98 Å². The molecule has 8 nitrogen and oxygen atoms in total. The van der Waals surface area contributed by atoms with Crippen LogP contribution in [-0.4, -0.2) is 26.0 Å². The average Bonchev–Trinajstić information content (AvgIpc) is 3.19. The van der Waals surface area contributed by atoms with Crippen molar-refractivity contribution in [2.24, 2.45) is 0 Å². The molecule has 3 heterocycles. The summed E-state index contributed by atoms with van der Waals surface area (Å²) in [6.45, 7) is 0.570. The molecule has 0 atom stereocenters. The molecule has 3 aromatic heterocycles. The SMILES string of the molecule is Nc1n[nH]c(C(=O)N(Cc2ccco2)Cc2ccco2)n1. The highest BCUT2D eigenvalue weighted by molar-refractivity contribution is 5.90. The molecule has 0 aliphatic heterocycles. The van der Waals surface area contributed by atoms with Gasteiger partial charge in [0.2, 0.25) is 11.8 Å². The van der Waals surface area contributed by atoms with E-state index in [1.807, 2.05) is 0 Å². The highest BCUT2D eigenvalue weighted by Gasteiger charge is 2.21. The van der Waals surface area contributed by atoms with Crippen LogP contribution in [0.15, 0.2) is 45.6 Å². The molecule has 0 aromatic carbocycles. The molecule has 0 spiro atoms. The van der Waals surface area contributed by atoms with E-state index < -0.39 is 0 Å². The van der Waals surface area contributed by atoms with Crippen LogP contribution in [0, 0.1) is 0 Å². The summed E-state index contributed by atoms with van der Waals surface area (Å²) >= 11 is 0. The zero-order valence-corrected chi connectivity index (χ0v) is 11.0. The summed E-state index contributed by atoms with van der Waals surface area (Å²) in [5.41, 5.74) is 5.43. The van der Waals surface area contributed by atoms with E-state index in [9.17, 15) is 4.79 Å². The van der Waals surface area contributed by atoms with Crippen LogP contribution in [0.4, 0.5) is 5.95 Å². The summed E-state index contributed by atoms with van der Waals surface area (Å²) in [6, 6.07) is 7.10. The average molecular weight is 287 g/mol. The number of furan rings is 2. The zero-order valence-electron chi connectivity index (χ0n) is 11.0. The summed E-state index contributed by atoms with van der Waals surface area (Å²) in [5, 5.41) is 6.17. The number of rotatable bonds is 5. The van der Waals surface area contributed by atoms with Crippen LogP contribution in [0.1, 0.15) is 22.1 Å². The van der Waals surface area contributed by atoms with Gasteiger partial charge < -0.3 is 19.5 Å². The maximum absolute atomic E-state index is 12.5. The van der Waals surface area contributed by atoms with Gasteiger partial charge in [0.15, 0.2) is 0 Å². The van der Waals surface area contributed by atoms with E-state index in [4.69, 9.17) is 14.6 Å². The smallest absolute Gasteiger partial charge is 0.292 e. The molecule has 0 radical (unpaired) electrons. The fraction of sp³-hybridized carbons (Fsp3) is 0.154. The molecule has 0 fully saturated rings. The predicted octanol–water partition coefficient (Wildman–Crippen LogP) is 1.42. The lowest BCUT2D eigenvalue weighted by Gasteiger charge is -2.19. The first-order valence-corrected chi connectivity index (χ1v) is 6.24. The van der Waals surface area contributed by atoms with Crippen LogP contribution in [0.5, 0.6) is 0 Å². The van der Waals surface area contributed by atoms with Crippen molar-refractivity contribution in [3.63, 3.8) is 0 Å². The molecule has 0 aliphatic carbocycles. The van der Waals surface area contributed by atoms with Gasteiger partial charge in [-0.15, -0.1) is 5.10 Å². The molecule has 0 saturated heterocycles. The Hall–Kier alpha value is -3.03. The number of nitrogens with two attached hydrogens (primary N) is 1. The van der Waals surface area contributed by atoms with Gasteiger partial charge in [-0.05, 0) is 24.3 Å². The van der Waals surface area contributed by atoms with Crippen LogP contribution in [-0.2, 0) is 13.1 Å². The second kappa shape index (κ2) is 5.53. The number of nitrogen functional groups attached to an aromatic ring is 1. The van der Waals surface area contributed by atoms with E-state index in [0.717, 1.165) is 0 Å². The molecule has 8 heteroatoms.